The number of nitrogens with one attached hydrogen (secondary N) is 1. The standard InChI is InChI=1S/C16H25NO/c1-5-14(4)18-16-11-9-15(10-12-16)8-7-13(3)17-6-2/h5,9-14,17H,1,6-8H2,2-4H3. The first-order valence-corrected chi connectivity index (χ1v) is 6.77. The van der Waals surface area contributed by atoms with E-state index in [-0.39, 0.29) is 6.10 Å². The van der Waals surface area contributed by atoms with E-state index in [0.717, 1.165) is 25.1 Å². The zero-order valence-corrected chi connectivity index (χ0v) is 11.8. The highest BCUT2D eigenvalue weighted by molar-refractivity contribution is 5.27. The molecule has 0 saturated heterocycles. The minimum Gasteiger partial charge on any atom is -0.487 e. The van der Waals surface area contributed by atoms with Gasteiger partial charge in [-0.25, -0.2) is 0 Å². The van der Waals surface area contributed by atoms with E-state index in [2.05, 4.69) is 37.9 Å². The fraction of sp³-hybridized carbons (Fsp3) is 0.500. The first kappa shape index (κ1) is 14.8. The van der Waals surface area contributed by atoms with Gasteiger partial charge in [-0.15, -0.1) is 0 Å². The van der Waals surface area contributed by atoms with Crippen molar-refractivity contribution in [2.45, 2.75) is 45.8 Å². The van der Waals surface area contributed by atoms with Gasteiger partial charge in [0, 0.05) is 6.04 Å². The fourth-order valence-electron chi connectivity index (χ4n) is 1.83. The van der Waals surface area contributed by atoms with E-state index < -0.39 is 0 Å². The van der Waals surface area contributed by atoms with Crippen molar-refractivity contribution in [1.82, 2.24) is 5.32 Å². The van der Waals surface area contributed by atoms with Crippen LogP contribution in [0.2, 0.25) is 0 Å². The van der Waals surface area contributed by atoms with Gasteiger partial charge in [0.1, 0.15) is 11.9 Å². The minimum absolute atomic E-state index is 0.0598. The van der Waals surface area contributed by atoms with E-state index in [9.17, 15) is 0 Å². The lowest BCUT2D eigenvalue weighted by Gasteiger charge is -2.13. The summed E-state index contributed by atoms with van der Waals surface area (Å²) < 4.78 is 5.65. The summed E-state index contributed by atoms with van der Waals surface area (Å²) in [4.78, 5) is 0. The first-order valence-electron chi connectivity index (χ1n) is 6.77. The molecule has 0 saturated carbocycles. The monoisotopic (exact) mass is 247 g/mol. The summed E-state index contributed by atoms with van der Waals surface area (Å²) in [6, 6.07) is 8.93. The molecule has 0 heterocycles. The Bertz CT molecular complexity index is 345. The maximum atomic E-state index is 5.65. The van der Waals surface area contributed by atoms with Gasteiger partial charge in [0.2, 0.25) is 0 Å². The molecule has 2 nitrogen and oxygen atoms in total. The van der Waals surface area contributed by atoms with Gasteiger partial charge in [0.15, 0.2) is 0 Å². The van der Waals surface area contributed by atoms with E-state index in [1.165, 1.54) is 5.56 Å². The van der Waals surface area contributed by atoms with Crippen molar-refractivity contribution in [3.63, 3.8) is 0 Å². The van der Waals surface area contributed by atoms with E-state index in [1.54, 1.807) is 6.08 Å². The highest BCUT2D eigenvalue weighted by Crippen LogP contribution is 2.15. The highest BCUT2D eigenvalue weighted by Gasteiger charge is 2.02. The van der Waals surface area contributed by atoms with Crippen molar-refractivity contribution in [2.75, 3.05) is 6.54 Å². The molecule has 18 heavy (non-hydrogen) atoms. The molecular formula is C16H25NO. The second kappa shape index (κ2) is 7.93. The molecule has 0 bridgehead atoms. The normalized spacial score (nSPS) is 13.9. The van der Waals surface area contributed by atoms with Crippen LogP contribution in [-0.2, 0) is 6.42 Å². The van der Waals surface area contributed by atoms with Gasteiger partial charge in [0.05, 0.1) is 0 Å². The molecule has 2 heteroatoms. The first-order chi connectivity index (χ1) is 8.65. The van der Waals surface area contributed by atoms with Gasteiger partial charge >= 0.3 is 0 Å². The molecule has 1 aromatic carbocycles. The smallest absolute Gasteiger partial charge is 0.120 e. The van der Waals surface area contributed by atoms with Crippen molar-refractivity contribution in [2.24, 2.45) is 0 Å². The predicted molar refractivity (Wildman–Crippen MR) is 78.2 cm³/mol. The summed E-state index contributed by atoms with van der Waals surface area (Å²) in [7, 11) is 0. The number of aryl methyl sites for hydroxylation is 1. The van der Waals surface area contributed by atoms with Gasteiger partial charge in [-0.2, -0.15) is 0 Å². The molecule has 0 radical (unpaired) electrons. The minimum atomic E-state index is 0.0598. The van der Waals surface area contributed by atoms with Crippen LogP contribution in [0.1, 0.15) is 32.8 Å². The van der Waals surface area contributed by atoms with Gasteiger partial charge in [-0.05, 0) is 50.9 Å². The van der Waals surface area contributed by atoms with Crippen LogP contribution >= 0.6 is 0 Å². The third kappa shape index (κ3) is 5.37. The summed E-state index contributed by atoms with van der Waals surface area (Å²) in [5.74, 6) is 0.908. The third-order valence-corrected chi connectivity index (χ3v) is 3.00. The quantitative estimate of drug-likeness (QED) is 0.709. The average Bonchev–Trinajstić information content (AvgIpc) is 2.38. The Hall–Kier alpha value is -1.28. The number of rotatable bonds is 8. The second-order valence-electron chi connectivity index (χ2n) is 4.70. The van der Waals surface area contributed by atoms with Crippen molar-refractivity contribution in [1.29, 1.82) is 0 Å². The SMILES string of the molecule is C=CC(C)Oc1ccc(CCC(C)NCC)cc1. The van der Waals surface area contributed by atoms with Crippen molar-refractivity contribution in [3.8, 4) is 5.75 Å². The van der Waals surface area contributed by atoms with Crippen LogP contribution < -0.4 is 10.1 Å². The Morgan fingerprint density at radius 3 is 2.50 bits per heavy atom. The summed E-state index contributed by atoms with van der Waals surface area (Å²) in [5.41, 5.74) is 1.36. The zero-order chi connectivity index (χ0) is 13.4. The van der Waals surface area contributed by atoms with Crippen LogP contribution in [-0.4, -0.2) is 18.7 Å². The van der Waals surface area contributed by atoms with Gasteiger partial charge in [0.25, 0.3) is 0 Å². The van der Waals surface area contributed by atoms with Gasteiger partial charge < -0.3 is 10.1 Å². The Morgan fingerprint density at radius 1 is 1.28 bits per heavy atom. The second-order valence-corrected chi connectivity index (χ2v) is 4.70. The number of benzene rings is 1. The molecule has 0 aliphatic heterocycles. The Labute approximate surface area is 111 Å². The predicted octanol–water partition coefficient (Wildman–Crippen LogP) is 3.57. The Balaban J connectivity index is 2.42. The molecule has 0 aromatic heterocycles. The highest BCUT2D eigenvalue weighted by atomic mass is 16.5. The summed E-state index contributed by atoms with van der Waals surface area (Å²) >= 11 is 0. The third-order valence-electron chi connectivity index (χ3n) is 3.00. The summed E-state index contributed by atoms with van der Waals surface area (Å²) in [5, 5.41) is 3.43. The van der Waals surface area contributed by atoms with Crippen LogP contribution in [0.4, 0.5) is 0 Å². The number of hydrogen-bond donors (Lipinski definition) is 1. The van der Waals surface area contributed by atoms with Crippen LogP contribution in [0, 0.1) is 0 Å². The molecule has 0 fully saturated rings. The Morgan fingerprint density at radius 2 is 1.94 bits per heavy atom. The number of hydrogen-bond acceptors (Lipinski definition) is 2. The molecular weight excluding hydrogens is 222 g/mol. The fourth-order valence-corrected chi connectivity index (χ4v) is 1.83. The maximum Gasteiger partial charge on any atom is 0.120 e. The lowest BCUT2D eigenvalue weighted by atomic mass is 10.1. The van der Waals surface area contributed by atoms with Crippen LogP contribution in [0.15, 0.2) is 36.9 Å². The van der Waals surface area contributed by atoms with E-state index in [1.807, 2.05) is 19.1 Å². The molecule has 0 aliphatic carbocycles. The topological polar surface area (TPSA) is 21.3 Å². The largest absolute Gasteiger partial charge is 0.487 e. The summed E-state index contributed by atoms with van der Waals surface area (Å²) in [6.07, 6.45) is 4.12. The Kier molecular flexibility index (Phi) is 6.51. The van der Waals surface area contributed by atoms with Crippen molar-refractivity contribution < 1.29 is 4.74 Å². The molecule has 2 unspecified atom stereocenters. The zero-order valence-electron chi connectivity index (χ0n) is 11.8. The van der Waals surface area contributed by atoms with Crippen LogP contribution in [0.5, 0.6) is 5.75 Å². The van der Waals surface area contributed by atoms with Crippen molar-refractivity contribution in [3.05, 3.63) is 42.5 Å². The van der Waals surface area contributed by atoms with Crippen LogP contribution in [0.25, 0.3) is 0 Å². The molecule has 0 aliphatic rings. The number of ether oxygens (including phenoxy) is 1. The lowest BCUT2D eigenvalue weighted by Crippen LogP contribution is -2.25. The van der Waals surface area contributed by atoms with Gasteiger partial charge in [-0.1, -0.05) is 31.7 Å². The van der Waals surface area contributed by atoms with Gasteiger partial charge in [-0.3, -0.25) is 0 Å². The average molecular weight is 247 g/mol. The van der Waals surface area contributed by atoms with E-state index >= 15 is 0 Å². The maximum absolute atomic E-state index is 5.65. The molecule has 100 valence electrons. The van der Waals surface area contributed by atoms with Crippen molar-refractivity contribution >= 4 is 0 Å². The molecule has 1 aromatic rings. The van der Waals surface area contributed by atoms with Crippen LogP contribution in [0.3, 0.4) is 0 Å². The lowest BCUT2D eigenvalue weighted by molar-refractivity contribution is 0.270. The molecule has 1 rings (SSSR count). The van der Waals surface area contributed by atoms with E-state index in [0.29, 0.717) is 6.04 Å². The molecule has 1 N–H and O–H groups in total. The van der Waals surface area contributed by atoms with E-state index in [4.69, 9.17) is 4.74 Å². The summed E-state index contributed by atoms with van der Waals surface area (Å²) in [6.45, 7) is 11.1. The molecule has 0 amide bonds. The molecule has 2 atom stereocenters. The molecule has 0 spiro atoms.